The van der Waals surface area contributed by atoms with E-state index in [2.05, 4.69) is 22.1 Å². The van der Waals surface area contributed by atoms with Crippen LogP contribution < -0.4 is 5.32 Å². The number of pyridine rings is 1. The Morgan fingerprint density at radius 1 is 1.53 bits per heavy atom. The van der Waals surface area contributed by atoms with Gasteiger partial charge in [-0.3, -0.25) is 9.78 Å². The molecule has 0 spiro atoms. The molecule has 1 aromatic rings. The molecule has 102 valence electrons. The summed E-state index contributed by atoms with van der Waals surface area (Å²) in [6.45, 7) is 1.37. The summed E-state index contributed by atoms with van der Waals surface area (Å²) in [5.74, 6) is 5.49. The number of aromatic nitrogens is 1. The highest BCUT2D eigenvalue weighted by atomic mass is 16.2. The smallest absolute Gasteiger partial charge is 0.252 e. The van der Waals surface area contributed by atoms with Gasteiger partial charge < -0.3 is 15.3 Å². The van der Waals surface area contributed by atoms with E-state index in [0.717, 1.165) is 6.54 Å². The van der Waals surface area contributed by atoms with Gasteiger partial charge in [-0.1, -0.05) is 11.8 Å². The Morgan fingerprint density at radius 2 is 2.32 bits per heavy atom. The van der Waals surface area contributed by atoms with Crippen molar-refractivity contribution >= 4 is 5.91 Å². The first-order chi connectivity index (χ1) is 9.15. The predicted octanol–water partition coefficient (Wildman–Crippen LogP) is 0.107. The van der Waals surface area contributed by atoms with Crippen LogP contribution in [0.1, 0.15) is 22.3 Å². The summed E-state index contributed by atoms with van der Waals surface area (Å²) in [6, 6.07) is 1.65. The highest BCUT2D eigenvalue weighted by molar-refractivity contribution is 5.96. The van der Waals surface area contributed by atoms with E-state index in [0.29, 0.717) is 24.1 Å². The topological polar surface area (TPSA) is 65.5 Å². The van der Waals surface area contributed by atoms with Crippen LogP contribution in [0.15, 0.2) is 18.5 Å². The Hall–Kier alpha value is -1.90. The maximum absolute atomic E-state index is 12.0. The minimum absolute atomic E-state index is 0.0115. The van der Waals surface area contributed by atoms with E-state index in [-0.39, 0.29) is 12.5 Å². The Morgan fingerprint density at radius 3 is 3.00 bits per heavy atom. The maximum atomic E-state index is 12.0. The van der Waals surface area contributed by atoms with Gasteiger partial charge in [0, 0.05) is 31.9 Å². The molecule has 1 rings (SSSR count). The van der Waals surface area contributed by atoms with Gasteiger partial charge in [0.1, 0.15) is 0 Å². The van der Waals surface area contributed by atoms with Crippen LogP contribution in [0, 0.1) is 11.8 Å². The molecule has 0 aromatic carbocycles. The van der Waals surface area contributed by atoms with Crippen molar-refractivity contribution in [2.45, 2.75) is 6.42 Å². The van der Waals surface area contributed by atoms with Gasteiger partial charge in [0.05, 0.1) is 17.7 Å². The van der Waals surface area contributed by atoms with Gasteiger partial charge in [-0.15, -0.1) is 0 Å². The molecule has 0 atom stereocenters. The molecule has 0 radical (unpaired) electrons. The van der Waals surface area contributed by atoms with Crippen LogP contribution in [0.4, 0.5) is 0 Å². The molecule has 5 heteroatoms. The molecule has 0 unspecified atom stereocenters. The lowest BCUT2D eigenvalue weighted by atomic mass is 10.1. The zero-order valence-corrected chi connectivity index (χ0v) is 11.3. The summed E-state index contributed by atoms with van der Waals surface area (Å²) in [4.78, 5) is 18.0. The van der Waals surface area contributed by atoms with Crippen LogP contribution in [-0.2, 0) is 0 Å². The van der Waals surface area contributed by atoms with Crippen LogP contribution in [0.5, 0.6) is 0 Å². The number of hydrogen-bond donors (Lipinski definition) is 2. The average molecular weight is 261 g/mol. The fraction of sp³-hybridized carbons (Fsp3) is 0.429. The van der Waals surface area contributed by atoms with Crippen molar-refractivity contribution < 1.29 is 9.90 Å². The number of hydrogen-bond acceptors (Lipinski definition) is 4. The Labute approximate surface area is 113 Å². The zero-order chi connectivity index (χ0) is 14.1. The predicted molar refractivity (Wildman–Crippen MR) is 73.7 cm³/mol. The lowest BCUT2D eigenvalue weighted by Crippen LogP contribution is -2.31. The molecule has 19 heavy (non-hydrogen) atoms. The monoisotopic (exact) mass is 261 g/mol. The average Bonchev–Trinajstić information content (AvgIpc) is 2.39. The van der Waals surface area contributed by atoms with E-state index in [1.165, 1.54) is 0 Å². The molecule has 0 aliphatic carbocycles. The number of carbonyl (C=O) groups excluding carboxylic acids is 1. The van der Waals surface area contributed by atoms with E-state index in [1.54, 1.807) is 18.5 Å². The van der Waals surface area contributed by atoms with Crippen molar-refractivity contribution in [2.24, 2.45) is 0 Å². The van der Waals surface area contributed by atoms with Crippen molar-refractivity contribution in [1.82, 2.24) is 15.2 Å². The minimum Gasteiger partial charge on any atom is -0.395 e. The van der Waals surface area contributed by atoms with Crippen molar-refractivity contribution in [1.29, 1.82) is 0 Å². The van der Waals surface area contributed by atoms with E-state index >= 15 is 0 Å². The number of aliphatic hydroxyl groups is 1. The number of aliphatic hydroxyl groups excluding tert-OH is 1. The first-order valence-electron chi connectivity index (χ1n) is 6.12. The number of nitrogens with one attached hydrogen (secondary N) is 1. The maximum Gasteiger partial charge on any atom is 0.252 e. The summed E-state index contributed by atoms with van der Waals surface area (Å²) < 4.78 is 0. The SMILES string of the molecule is CN(C)CCNC(=O)c1ccncc1C#CCCO. The summed E-state index contributed by atoms with van der Waals surface area (Å²) >= 11 is 0. The van der Waals surface area contributed by atoms with E-state index in [1.807, 2.05) is 19.0 Å². The van der Waals surface area contributed by atoms with Gasteiger partial charge in [0.15, 0.2) is 0 Å². The minimum atomic E-state index is -0.155. The van der Waals surface area contributed by atoms with Gasteiger partial charge in [0.25, 0.3) is 5.91 Å². The number of nitrogens with zero attached hydrogens (tertiary/aromatic N) is 2. The summed E-state index contributed by atoms with van der Waals surface area (Å²) in [5, 5.41) is 11.5. The second-order valence-corrected chi connectivity index (χ2v) is 4.26. The summed E-state index contributed by atoms with van der Waals surface area (Å²) in [7, 11) is 3.90. The Balaban J connectivity index is 2.71. The van der Waals surface area contributed by atoms with Crippen molar-refractivity contribution in [2.75, 3.05) is 33.8 Å². The largest absolute Gasteiger partial charge is 0.395 e. The molecule has 0 bridgehead atoms. The number of likely N-dealkylation sites (N-methyl/N-ethyl adjacent to an activating group) is 1. The molecule has 0 aliphatic rings. The number of amides is 1. The number of rotatable bonds is 5. The molecule has 1 amide bonds. The van der Waals surface area contributed by atoms with Gasteiger partial charge in [-0.2, -0.15) is 0 Å². The zero-order valence-electron chi connectivity index (χ0n) is 11.3. The van der Waals surface area contributed by atoms with Gasteiger partial charge in [-0.05, 0) is 20.2 Å². The molecular formula is C14H19N3O2. The third-order valence-corrected chi connectivity index (χ3v) is 2.37. The normalized spacial score (nSPS) is 9.89. The molecular weight excluding hydrogens is 242 g/mol. The standard InChI is InChI=1S/C14H19N3O2/c1-17(2)9-8-16-14(19)13-6-7-15-11-12(13)5-3-4-10-18/h6-7,11,18H,4,8-10H2,1-2H3,(H,16,19). The van der Waals surface area contributed by atoms with E-state index < -0.39 is 0 Å². The molecule has 5 nitrogen and oxygen atoms in total. The lowest BCUT2D eigenvalue weighted by Gasteiger charge is -2.10. The molecule has 0 fully saturated rings. The second-order valence-electron chi connectivity index (χ2n) is 4.26. The van der Waals surface area contributed by atoms with Crippen LogP contribution >= 0.6 is 0 Å². The Kier molecular flexibility index (Phi) is 6.58. The highest BCUT2D eigenvalue weighted by Crippen LogP contribution is 2.05. The van der Waals surface area contributed by atoms with E-state index in [9.17, 15) is 4.79 Å². The molecule has 1 aromatic heterocycles. The van der Waals surface area contributed by atoms with Gasteiger partial charge in [-0.25, -0.2) is 0 Å². The third kappa shape index (κ3) is 5.51. The van der Waals surface area contributed by atoms with Gasteiger partial charge in [0.2, 0.25) is 0 Å². The van der Waals surface area contributed by atoms with Gasteiger partial charge >= 0.3 is 0 Å². The van der Waals surface area contributed by atoms with Crippen LogP contribution in [0.3, 0.4) is 0 Å². The van der Waals surface area contributed by atoms with Crippen molar-refractivity contribution in [3.8, 4) is 11.8 Å². The Bertz CT molecular complexity index is 475. The molecule has 2 N–H and O–H groups in total. The van der Waals surface area contributed by atoms with Crippen LogP contribution in [-0.4, -0.2) is 54.7 Å². The molecule has 0 aliphatic heterocycles. The highest BCUT2D eigenvalue weighted by Gasteiger charge is 2.09. The first-order valence-corrected chi connectivity index (χ1v) is 6.12. The second kappa shape index (κ2) is 8.25. The van der Waals surface area contributed by atoms with Crippen LogP contribution in [0.25, 0.3) is 0 Å². The molecule has 1 heterocycles. The van der Waals surface area contributed by atoms with Crippen molar-refractivity contribution in [3.63, 3.8) is 0 Å². The molecule has 0 saturated carbocycles. The van der Waals surface area contributed by atoms with E-state index in [4.69, 9.17) is 5.11 Å². The fourth-order valence-electron chi connectivity index (χ4n) is 1.39. The summed E-state index contributed by atoms with van der Waals surface area (Å²) in [6.07, 6.45) is 3.51. The first kappa shape index (κ1) is 15.2. The summed E-state index contributed by atoms with van der Waals surface area (Å²) in [5.41, 5.74) is 1.09. The van der Waals surface area contributed by atoms with Crippen molar-refractivity contribution in [3.05, 3.63) is 29.6 Å². The third-order valence-electron chi connectivity index (χ3n) is 2.37. The quantitative estimate of drug-likeness (QED) is 0.738. The van der Waals surface area contributed by atoms with Crippen LogP contribution in [0.2, 0.25) is 0 Å². The number of carbonyl (C=O) groups is 1. The molecule has 0 saturated heterocycles. The fourth-order valence-corrected chi connectivity index (χ4v) is 1.39. The lowest BCUT2D eigenvalue weighted by molar-refractivity contribution is 0.0950.